The Morgan fingerprint density at radius 1 is 1.13 bits per heavy atom. The summed E-state index contributed by atoms with van der Waals surface area (Å²) in [5, 5.41) is 9.50. The van der Waals surface area contributed by atoms with Gasteiger partial charge in [0.25, 0.3) is 5.91 Å². The van der Waals surface area contributed by atoms with Crippen LogP contribution in [0.5, 0.6) is 5.75 Å². The van der Waals surface area contributed by atoms with Gasteiger partial charge in [-0.3, -0.25) is 19.4 Å². The maximum absolute atomic E-state index is 14.4. The Bertz CT molecular complexity index is 1720. The molecule has 4 N–H and O–H groups in total. The predicted molar refractivity (Wildman–Crippen MR) is 170 cm³/mol. The summed E-state index contributed by atoms with van der Waals surface area (Å²) in [6, 6.07) is 12.2. The van der Waals surface area contributed by atoms with Gasteiger partial charge in [-0.05, 0) is 63.8 Å². The van der Waals surface area contributed by atoms with Crippen molar-refractivity contribution in [2.45, 2.75) is 76.5 Å². The van der Waals surface area contributed by atoms with Crippen LogP contribution >= 0.6 is 0 Å². The molecular formula is C34H39FN6O6. The summed E-state index contributed by atoms with van der Waals surface area (Å²) in [7, 11) is 0. The lowest BCUT2D eigenvalue weighted by atomic mass is 10.0. The lowest BCUT2D eigenvalue weighted by Crippen LogP contribution is -2.49. The molecule has 13 heteroatoms. The van der Waals surface area contributed by atoms with Crippen molar-refractivity contribution in [3.8, 4) is 5.75 Å². The minimum absolute atomic E-state index is 0.0450. The number of fused-ring (bicyclic) bond motifs is 1. The van der Waals surface area contributed by atoms with Crippen LogP contribution in [0.4, 0.5) is 4.39 Å². The number of hydrogen-bond donors (Lipinski definition) is 3. The molecule has 0 spiro atoms. The molecule has 2 heterocycles. The third-order valence-electron chi connectivity index (χ3n) is 7.29. The van der Waals surface area contributed by atoms with Crippen molar-refractivity contribution in [1.29, 1.82) is 0 Å². The van der Waals surface area contributed by atoms with Gasteiger partial charge in [0.05, 0.1) is 23.7 Å². The van der Waals surface area contributed by atoms with Crippen LogP contribution in [0.3, 0.4) is 0 Å². The van der Waals surface area contributed by atoms with E-state index in [-0.39, 0.29) is 36.3 Å². The maximum Gasteiger partial charge on any atom is 0.308 e. The Kier molecular flexibility index (Phi) is 10.4. The normalized spacial score (nSPS) is 14.3. The highest BCUT2D eigenvalue weighted by molar-refractivity contribution is 6.10. The Hall–Kier alpha value is -4.91. The van der Waals surface area contributed by atoms with Gasteiger partial charge in [-0.25, -0.2) is 4.39 Å². The van der Waals surface area contributed by atoms with Gasteiger partial charge in [-0.2, -0.15) is 4.98 Å². The Balaban J connectivity index is 1.34. The van der Waals surface area contributed by atoms with Gasteiger partial charge in [-0.15, -0.1) is 0 Å². The minimum atomic E-state index is -1.34. The number of aromatic nitrogens is 3. The fourth-order valence-electron chi connectivity index (χ4n) is 4.96. The van der Waals surface area contributed by atoms with E-state index in [9.17, 15) is 18.8 Å². The first kappa shape index (κ1) is 33.5. The van der Waals surface area contributed by atoms with Crippen molar-refractivity contribution in [2.24, 2.45) is 5.73 Å². The number of esters is 1. The van der Waals surface area contributed by atoms with Gasteiger partial charge < -0.3 is 30.4 Å². The standard InChI is InChI=1S/C34H39FN6O6/c1-34(2,3)46-29(42)17-26(32(43)37-14-13-28-40-31(41-47-28)21-9-10-21)39-33(44)30-24-16-22(35)18-38-25(24)11-12-27(30)45-19-23(36)15-20-7-5-4-6-8-20/h4-8,11-12,16,18,21,23,26H,9-10,13-15,17,19,36H2,1-3H3,(H,37,43)(H,39,44)/t23-,26+/m1/s1. The molecule has 0 aliphatic heterocycles. The molecule has 47 heavy (non-hydrogen) atoms. The number of nitrogens with two attached hydrogens (primary N) is 1. The second-order valence-electron chi connectivity index (χ2n) is 12.6. The number of nitrogens with zero attached hydrogens (tertiary/aromatic N) is 3. The van der Waals surface area contributed by atoms with Gasteiger partial charge in [0, 0.05) is 30.3 Å². The topological polar surface area (TPSA) is 172 Å². The molecular weight excluding hydrogens is 607 g/mol. The number of ether oxygens (including phenoxy) is 2. The van der Waals surface area contributed by atoms with Crippen LogP contribution in [0.1, 0.15) is 73.6 Å². The number of amides is 2. The van der Waals surface area contributed by atoms with E-state index in [2.05, 4.69) is 25.8 Å². The average molecular weight is 647 g/mol. The molecule has 2 amide bonds. The van der Waals surface area contributed by atoms with Gasteiger partial charge in [0.1, 0.15) is 29.8 Å². The van der Waals surface area contributed by atoms with Gasteiger partial charge in [-0.1, -0.05) is 35.5 Å². The number of carbonyl (C=O) groups excluding carboxylic acids is 3. The van der Waals surface area contributed by atoms with Crippen LogP contribution in [-0.2, 0) is 27.2 Å². The highest BCUT2D eigenvalue weighted by atomic mass is 19.1. The highest BCUT2D eigenvalue weighted by Gasteiger charge is 2.31. The van der Waals surface area contributed by atoms with E-state index in [4.69, 9.17) is 19.7 Å². The van der Waals surface area contributed by atoms with Gasteiger partial charge in [0.15, 0.2) is 5.82 Å². The summed E-state index contributed by atoms with van der Waals surface area (Å²) in [6.45, 7) is 5.25. The SMILES string of the molecule is CC(C)(C)OC(=O)C[C@H](NC(=O)c1c(OC[C@H](N)Cc2ccccc2)ccc2ncc(F)cc12)C(=O)NCCc1nc(C2CC2)no1. The predicted octanol–water partition coefficient (Wildman–Crippen LogP) is 3.77. The zero-order chi connectivity index (χ0) is 33.6. The minimum Gasteiger partial charge on any atom is -0.491 e. The van der Waals surface area contributed by atoms with Crippen LogP contribution < -0.4 is 21.1 Å². The zero-order valence-corrected chi connectivity index (χ0v) is 26.6. The first-order valence-electron chi connectivity index (χ1n) is 15.6. The summed E-state index contributed by atoms with van der Waals surface area (Å²) in [5.74, 6) is -1.31. The van der Waals surface area contributed by atoms with Crippen molar-refractivity contribution in [3.05, 3.63) is 83.4 Å². The molecule has 1 fully saturated rings. The molecule has 2 aromatic heterocycles. The molecule has 2 aromatic carbocycles. The quantitative estimate of drug-likeness (QED) is 0.171. The summed E-state index contributed by atoms with van der Waals surface area (Å²) in [5.41, 5.74) is 6.80. The third-order valence-corrected chi connectivity index (χ3v) is 7.29. The van der Waals surface area contributed by atoms with Crippen LogP contribution in [0, 0.1) is 5.82 Å². The van der Waals surface area contributed by atoms with Gasteiger partial charge in [0.2, 0.25) is 11.8 Å². The molecule has 0 radical (unpaired) electrons. The Morgan fingerprint density at radius 3 is 2.62 bits per heavy atom. The highest BCUT2D eigenvalue weighted by Crippen LogP contribution is 2.38. The fourth-order valence-corrected chi connectivity index (χ4v) is 4.96. The Labute approximate surface area is 271 Å². The van der Waals surface area contributed by atoms with Crippen molar-refractivity contribution < 1.29 is 32.8 Å². The van der Waals surface area contributed by atoms with E-state index in [1.807, 2.05) is 30.3 Å². The number of halogens is 1. The summed E-state index contributed by atoms with van der Waals surface area (Å²) in [4.78, 5) is 48.6. The first-order valence-corrected chi connectivity index (χ1v) is 15.6. The largest absolute Gasteiger partial charge is 0.491 e. The van der Waals surface area contributed by atoms with E-state index in [1.54, 1.807) is 32.9 Å². The zero-order valence-electron chi connectivity index (χ0n) is 26.6. The molecule has 248 valence electrons. The second kappa shape index (κ2) is 14.7. The number of benzene rings is 2. The number of carbonyl (C=O) groups is 3. The van der Waals surface area contributed by atoms with Gasteiger partial charge >= 0.3 is 5.97 Å². The average Bonchev–Trinajstić information content (AvgIpc) is 3.76. The monoisotopic (exact) mass is 646 g/mol. The van der Waals surface area contributed by atoms with Crippen molar-refractivity contribution in [2.75, 3.05) is 13.2 Å². The lowest BCUT2D eigenvalue weighted by molar-refractivity contribution is -0.156. The number of rotatable bonds is 14. The van der Waals surface area contributed by atoms with E-state index in [1.165, 1.54) is 0 Å². The smallest absolute Gasteiger partial charge is 0.308 e. The van der Waals surface area contributed by atoms with E-state index in [0.717, 1.165) is 30.7 Å². The Morgan fingerprint density at radius 2 is 1.89 bits per heavy atom. The molecule has 4 aromatic rings. The number of hydrogen-bond acceptors (Lipinski definition) is 10. The van der Waals surface area contributed by atoms with Crippen LogP contribution in [-0.4, -0.2) is 63.7 Å². The van der Waals surface area contributed by atoms with Crippen molar-refractivity contribution in [3.63, 3.8) is 0 Å². The van der Waals surface area contributed by atoms with E-state index < -0.39 is 47.7 Å². The van der Waals surface area contributed by atoms with Crippen LogP contribution in [0.2, 0.25) is 0 Å². The molecule has 1 saturated carbocycles. The second-order valence-corrected chi connectivity index (χ2v) is 12.6. The third kappa shape index (κ3) is 9.55. The summed E-state index contributed by atoms with van der Waals surface area (Å²) >= 11 is 0. The molecule has 1 aliphatic rings. The lowest BCUT2D eigenvalue weighted by Gasteiger charge is -2.23. The van der Waals surface area contributed by atoms with E-state index in [0.29, 0.717) is 29.6 Å². The molecule has 0 saturated heterocycles. The summed E-state index contributed by atoms with van der Waals surface area (Å²) < 4.78 is 31.1. The van der Waals surface area contributed by atoms with Crippen molar-refractivity contribution in [1.82, 2.24) is 25.8 Å². The first-order chi connectivity index (χ1) is 22.4. The molecule has 0 unspecified atom stereocenters. The van der Waals surface area contributed by atoms with Crippen molar-refractivity contribution >= 4 is 28.7 Å². The van der Waals surface area contributed by atoms with Crippen LogP contribution in [0.25, 0.3) is 10.9 Å². The summed E-state index contributed by atoms with van der Waals surface area (Å²) in [6.07, 6.45) is 3.40. The molecule has 0 bridgehead atoms. The molecule has 2 atom stereocenters. The maximum atomic E-state index is 14.4. The molecule has 5 rings (SSSR count). The fraction of sp³-hybridized carbons (Fsp3) is 0.412. The molecule has 12 nitrogen and oxygen atoms in total. The van der Waals surface area contributed by atoms with Crippen LogP contribution in [0.15, 0.2) is 59.3 Å². The number of pyridine rings is 1. The number of nitrogens with one attached hydrogen (secondary N) is 2. The molecule has 1 aliphatic carbocycles. The van der Waals surface area contributed by atoms with E-state index >= 15 is 0 Å².